The molecule has 1 aliphatic rings. The smallest absolute Gasteiger partial charge is 0.157 e. The first-order chi connectivity index (χ1) is 11.2. The number of carbonyl (C=O) groups is 1. The highest BCUT2D eigenvalue weighted by Crippen LogP contribution is 2.35. The summed E-state index contributed by atoms with van der Waals surface area (Å²) in [5.74, 6) is 1.46. The van der Waals surface area contributed by atoms with Crippen LogP contribution in [0.3, 0.4) is 0 Å². The lowest BCUT2D eigenvalue weighted by Gasteiger charge is -2.36. The molecule has 2 N–H and O–H groups in total. The highest BCUT2D eigenvalue weighted by molar-refractivity contribution is 5.90. The third-order valence-corrected chi connectivity index (χ3v) is 4.39. The average Bonchev–Trinajstić information content (AvgIpc) is 2.57. The Morgan fingerprint density at radius 1 is 1.13 bits per heavy atom. The quantitative estimate of drug-likeness (QED) is 0.873. The molecule has 1 fully saturated rings. The van der Waals surface area contributed by atoms with Crippen LogP contribution in [-0.4, -0.2) is 22.3 Å². The van der Waals surface area contributed by atoms with Crippen molar-refractivity contribution in [1.29, 1.82) is 0 Å². The summed E-state index contributed by atoms with van der Waals surface area (Å²) in [6.07, 6.45) is 6.62. The number of hydrogen-bond donors (Lipinski definition) is 1. The number of para-hydroxylation sites is 1. The van der Waals surface area contributed by atoms with Gasteiger partial charge in [-0.1, -0.05) is 37.5 Å². The van der Waals surface area contributed by atoms with E-state index in [0.29, 0.717) is 23.2 Å². The second-order valence-electron chi connectivity index (χ2n) is 6.01. The van der Waals surface area contributed by atoms with Crippen molar-refractivity contribution in [1.82, 2.24) is 9.97 Å². The number of aldehydes is 1. The molecule has 0 atom stereocenters. The van der Waals surface area contributed by atoms with E-state index < -0.39 is 0 Å². The monoisotopic (exact) mass is 310 g/mol. The summed E-state index contributed by atoms with van der Waals surface area (Å²) in [6.45, 7) is 1.80. The SMILES string of the molecule is Cc1nc(N)c(C=O)c(N(c2ccccc2)C2CCCCC2)n1. The Morgan fingerprint density at radius 3 is 2.48 bits per heavy atom. The van der Waals surface area contributed by atoms with E-state index in [1.165, 1.54) is 19.3 Å². The Balaban J connectivity index is 2.13. The Hall–Kier alpha value is -2.43. The maximum atomic E-state index is 11.6. The van der Waals surface area contributed by atoms with E-state index in [4.69, 9.17) is 5.73 Å². The molecule has 1 aromatic carbocycles. The minimum Gasteiger partial charge on any atom is -0.383 e. The van der Waals surface area contributed by atoms with Crippen molar-refractivity contribution in [2.24, 2.45) is 0 Å². The molecule has 2 aromatic rings. The van der Waals surface area contributed by atoms with Gasteiger partial charge in [0.25, 0.3) is 0 Å². The van der Waals surface area contributed by atoms with E-state index in [1.807, 2.05) is 18.2 Å². The van der Waals surface area contributed by atoms with Gasteiger partial charge in [-0.3, -0.25) is 4.79 Å². The molecule has 1 aliphatic carbocycles. The molecule has 23 heavy (non-hydrogen) atoms. The number of nitrogens with zero attached hydrogens (tertiary/aromatic N) is 3. The summed E-state index contributed by atoms with van der Waals surface area (Å²) in [4.78, 5) is 22.5. The number of rotatable bonds is 4. The van der Waals surface area contributed by atoms with Gasteiger partial charge in [0.2, 0.25) is 0 Å². The van der Waals surface area contributed by atoms with E-state index in [1.54, 1.807) is 6.92 Å². The summed E-state index contributed by atoms with van der Waals surface area (Å²) < 4.78 is 0. The summed E-state index contributed by atoms with van der Waals surface area (Å²) in [7, 11) is 0. The summed E-state index contributed by atoms with van der Waals surface area (Å²) in [6, 6.07) is 10.4. The van der Waals surface area contributed by atoms with Gasteiger partial charge in [0.05, 0.1) is 5.56 Å². The molecule has 3 rings (SSSR count). The first-order valence-corrected chi connectivity index (χ1v) is 8.14. The van der Waals surface area contributed by atoms with E-state index in [2.05, 4.69) is 27.0 Å². The second kappa shape index (κ2) is 6.77. The highest BCUT2D eigenvalue weighted by atomic mass is 16.1. The molecule has 0 spiro atoms. The van der Waals surface area contributed by atoms with Gasteiger partial charge in [-0.05, 0) is 31.9 Å². The average molecular weight is 310 g/mol. The number of hydrogen-bond acceptors (Lipinski definition) is 5. The van der Waals surface area contributed by atoms with E-state index in [0.717, 1.165) is 24.8 Å². The zero-order valence-electron chi connectivity index (χ0n) is 13.4. The predicted molar refractivity (Wildman–Crippen MR) is 92.0 cm³/mol. The zero-order chi connectivity index (χ0) is 16.2. The Labute approximate surface area is 136 Å². The molecule has 0 aliphatic heterocycles. The molecule has 120 valence electrons. The first-order valence-electron chi connectivity index (χ1n) is 8.14. The fourth-order valence-corrected chi connectivity index (χ4v) is 3.32. The zero-order valence-corrected chi connectivity index (χ0v) is 13.4. The number of nitrogens with two attached hydrogens (primary N) is 1. The lowest BCUT2D eigenvalue weighted by atomic mass is 9.93. The lowest BCUT2D eigenvalue weighted by molar-refractivity contribution is 0.112. The van der Waals surface area contributed by atoms with Gasteiger partial charge in [-0.2, -0.15) is 0 Å². The van der Waals surface area contributed by atoms with Crippen molar-refractivity contribution >= 4 is 23.6 Å². The van der Waals surface area contributed by atoms with Crippen LogP contribution < -0.4 is 10.6 Å². The number of aromatic nitrogens is 2. The normalized spacial score (nSPS) is 15.3. The van der Waals surface area contributed by atoms with Crippen LogP contribution in [0.2, 0.25) is 0 Å². The number of nitrogen functional groups attached to an aromatic ring is 1. The number of anilines is 3. The molecule has 1 aromatic heterocycles. The van der Waals surface area contributed by atoms with Gasteiger partial charge < -0.3 is 10.6 Å². The van der Waals surface area contributed by atoms with Gasteiger partial charge in [0.1, 0.15) is 17.5 Å². The molecule has 0 amide bonds. The Kier molecular flexibility index (Phi) is 4.55. The van der Waals surface area contributed by atoms with Crippen LogP contribution in [0.25, 0.3) is 0 Å². The van der Waals surface area contributed by atoms with E-state index >= 15 is 0 Å². The molecule has 0 unspecified atom stereocenters. The number of benzene rings is 1. The minimum absolute atomic E-state index is 0.249. The topological polar surface area (TPSA) is 72.1 Å². The van der Waals surface area contributed by atoms with Crippen LogP contribution in [0.4, 0.5) is 17.3 Å². The molecule has 5 heteroatoms. The van der Waals surface area contributed by atoms with Crippen LogP contribution in [-0.2, 0) is 0 Å². The third kappa shape index (κ3) is 3.18. The molecular weight excluding hydrogens is 288 g/mol. The molecule has 1 heterocycles. The third-order valence-electron chi connectivity index (χ3n) is 4.39. The van der Waals surface area contributed by atoms with Gasteiger partial charge in [0, 0.05) is 11.7 Å². The Bertz CT molecular complexity index is 681. The molecular formula is C18H22N4O. The van der Waals surface area contributed by atoms with E-state index in [-0.39, 0.29) is 5.82 Å². The molecule has 1 saturated carbocycles. The van der Waals surface area contributed by atoms with Gasteiger partial charge in [-0.25, -0.2) is 9.97 Å². The van der Waals surface area contributed by atoms with Crippen LogP contribution in [0.15, 0.2) is 30.3 Å². The van der Waals surface area contributed by atoms with Crippen molar-refractivity contribution in [2.45, 2.75) is 45.1 Å². The van der Waals surface area contributed by atoms with Gasteiger partial charge in [-0.15, -0.1) is 0 Å². The largest absolute Gasteiger partial charge is 0.383 e. The molecule has 0 radical (unpaired) electrons. The fraction of sp³-hybridized carbons (Fsp3) is 0.389. The van der Waals surface area contributed by atoms with Crippen molar-refractivity contribution in [3.63, 3.8) is 0 Å². The highest BCUT2D eigenvalue weighted by Gasteiger charge is 2.27. The van der Waals surface area contributed by atoms with Crippen LogP contribution in [0.5, 0.6) is 0 Å². The summed E-state index contributed by atoms with van der Waals surface area (Å²) in [5, 5.41) is 0. The maximum Gasteiger partial charge on any atom is 0.157 e. The fourth-order valence-electron chi connectivity index (χ4n) is 3.32. The minimum atomic E-state index is 0.249. The molecule has 5 nitrogen and oxygen atoms in total. The molecule has 0 bridgehead atoms. The number of carbonyl (C=O) groups excluding carboxylic acids is 1. The summed E-state index contributed by atoms with van der Waals surface area (Å²) >= 11 is 0. The van der Waals surface area contributed by atoms with Crippen LogP contribution in [0.1, 0.15) is 48.3 Å². The Morgan fingerprint density at radius 2 is 1.83 bits per heavy atom. The second-order valence-corrected chi connectivity index (χ2v) is 6.01. The predicted octanol–water partition coefficient (Wildman–Crippen LogP) is 3.65. The van der Waals surface area contributed by atoms with Crippen LogP contribution >= 0.6 is 0 Å². The van der Waals surface area contributed by atoms with Crippen molar-refractivity contribution in [3.8, 4) is 0 Å². The van der Waals surface area contributed by atoms with Gasteiger partial charge in [0.15, 0.2) is 6.29 Å². The number of aryl methyl sites for hydroxylation is 1. The van der Waals surface area contributed by atoms with E-state index in [9.17, 15) is 4.79 Å². The lowest BCUT2D eigenvalue weighted by Crippen LogP contribution is -2.34. The van der Waals surface area contributed by atoms with Crippen molar-refractivity contribution in [3.05, 3.63) is 41.7 Å². The van der Waals surface area contributed by atoms with Crippen LogP contribution in [0, 0.1) is 6.92 Å². The standard InChI is InChI=1S/C18H22N4O/c1-13-20-17(19)16(12-23)18(21-13)22(14-8-4-2-5-9-14)15-10-6-3-7-11-15/h2,4-5,8-9,12,15H,3,6-7,10-11H2,1H3,(H2,19,20,21). The first kappa shape index (κ1) is 15.5. The van der Waals surface area contributed by atoms with Crippen molar-refractivity contribution < 1.29 is 4.79 Å². The van der Waals surface area contributed by atoms with Gasteiger partial charge >= 0.3 is 0 Å². The summed E-state index contributed by atoms with van der Waals surface area (Å²) in [5.41, 5.74) is 7.39. The maximum absolute atomic E-state index is 11.6. The van der Waals surface area contributed by atoms with Crippen molar-refractivity contribution in [2.75, 3.05) is 10.6 Å². The molecule has 0 saturated heterocycles.